The Hall–Kier alpha value is -3.45. The standard InChI is InChI=1S/C24H18ClF2NO4/c25-22-19(26)9-13(10-20(22)27)11-21(23(29)30)28-24(31)32-12-18-16-7-3-1-5-14(16)15-6-2-4-8-17(15)18/h1-10,18,21H,11-12H2,(H,28,31)(H,29,30)/t21-/m0/s1. The van der Waals surface area contributed by atoms with Crippen LogP contribution in [0.15, 0.2) is 60.7 Å². The topological polar surface area (TPSA) is 75.6 Å². The number of carboxylic acids is 1. The average molecular weight is 458 g/mol. The Morgan fingerprint density at radius 3 is 2.06 bits per heavy atom. The van der Waals surface area contributed by atoms with Crippen molar-refractivity contribution in [3.63, 3.8) is 0 Å². The molecule has 4 rings (SSSR count). The molecule has 0 spiro atoms. The fourth-order valence-electron chi connectivity index (χ4n) is 3.94. The third-order valence-corrected chi connectivity index (χ3v) is 5.78. The summed E-state index contributed by atoms with van der Waals surface area (Å²) < 4.78 is 32.7. The Kier molecular flexibility index (Phi) is 6.10. The maximum Gasteiger partial charge on any atom is 0.407 e. The molecule has 1 aliphatic carbocycles. The number of aliphatic carboxylic acids is 1. The molecule has 3 aromatic carbocycles. The fraction of sp³-hybridized carbons (Fsp3) is 0.167. The highest BCUT2D eigenvalue weighted by Gasteiger charge is 2.30. The predicted octanol–water partition coefficient (Wildman–Crippen LogP) is 5.15. The van der Waals surface area contributed by atoms with Crippen LogP contribution in [0.1, 0.15) is 22.6 Å². The van der Waals surface area contributed by atoms with Crippen molar-refractivity contribution in [3.8, 4) is 11.1 Å². The molecule has 0 aliphatic heterocycles. The number of benzene rings is 3. The summed E-state index contributed by atoms with van der Waals surface area (Å²) in [7, 11) is 0. The van der Waals surface area contributed by atoms with Gasteiger partial charge in [-0.1, -0.05) is 60.1 Å². The zero-order valence-corrected chi connectivity index (χ0v) is 17.4. The van der Waals surface area contributed by atoms with Crippen LogP contribution in [0.25, 0.3) is 11.1 Å². The number of carbonyl (C=O) groups is 2. The van der Waals surface area contributed by atoms with Gasteiger partial charge < -0.3 is 15.2 Å². The maximum atomic E-state index is 13.7. The van der Waals surface area contributed by atoms with Crippen molar-refractivity contribution in [1.82, 2.24) is 5.32 Å². The smallest absolute Gasteiger partial charge is 0.407 e. The van der Waals surface area contributed by atoms with E-state index in [9.17, 15) is 23.5 Å². The van der Waals surface area contributed by atoms with Gasteiger partial charge in [0.05, 0.1) is 0 Å². The third-order valence-electron chi connectivity index (χ3n) is 5.42. The summed E-state index contributed by atoms with van der Waals surface area (Å²) in [4.78, 5) is 23.9. The predicted molar refractivity (Wildman–Crippen MR) is 115 cm³/mol. The molecule has 3 aromatic rings. The second-order valence-electron chi connectivity index (χ2n) is 7.44. The van der Waals surface area contributed by atoms with Crippen molar-refractivity contribution < 1.29 is 28.2 Å². The van der Waals surface area contributed by atoms with Gasteiger partial charge in [0, 0.05) is 12.3 Å². The van der Waals surface area contributed by atoms with Gasteiger partial charge >= 0.3 is 12.1 Å². The van der Waals surface area contributed by atoms with Gasteiger partial charge in [0.15, 0.2) is 0 Å². The van der Waals surface area contributed by atoms with Crippen LogP contribution in [0, 0.1) is 11.6 Å². The summed E-state index contributed by atoms with van der Waals surface area (Å²) in [6.07, 6.45) is -1.28. The summed E-state index contributed by atoms with van der Waals surface area (Å²) in [5.41, 5.74) is 4.20. The summed E-state index contributed by atoms with van der Waals surface area (Å²) in [6, 6.07) is 16.0. The molecule has 2 N–H and O–H groups in total. The molecule has 1 atom stereocenters. The van der Waals surface area contributed by atoms with E-state index in [2.05, 4.69) is 5.32 Å². The number of fused-ring (bicyclic) bond motifs is 3. The lowest BCUT2D eigenvalue weighted by molar-refractivity contribution is -0.139. The zero-order chi connectivity index (χ0) is 22.8. The second kappa shape index (κ2) is 8.96. The molecule has 8 heteroatoms. The number of hydrogen-bond acceptors (Lipinski definition) is 3. The number of amides is 1. The number of halogens is 3. The van der Waals surface area contributed by atoms with Gasteiger partial charge in [-0.15, -0.1) is 0 Å². The first-order valence-corrected chi connectivity index (χ1v) is 10.2. The lowest BCUT2D eigenvalue weighted by Crippen LogP contribution is -2.43. The molecule has 0 saturated carbocycles. The molecule has 0 aromatic heterocycles. The van der Waals surface area contributed by atoms with Crippen LogP contribution >= 0.6 is 11.6 Å². The second-order valence-corrected chi connectivity index (χ2v) is 7.82. The van der Waals surface area contributed by atoms with E-state index >= 15 is 0 Å². The lowest BCUT2D eigenvalue weighted by atomic mass is 9.98. The van der Waals surface area contributed by atoms with Gasteiger partial charge in [0.2, 0.25) is 0 Å². The number of hydrogen-bond donors (Lipinski definition) is 2. The molecule has 1 aliphatic rings. The van der Waals surface area contributed by atoms with Gasteiger partial charge in [0.1, 0.15) is 29.3 Å². The van der Waals surface area contributed by atoms with Crippen LogP contribution in [-0.4, -0.2) is 29.8 Å². The largest absolute Gasteiger partial charge is 0.480 e. The van der Waals surface area contributed by atoms with Crippen LogP contribution in [0.4, 0.5) is 13.6 Å². The van der Waals surface area contributed by atoms with Gasteiger partial charge in [-0.3, -0.25) is 0 Å². The SMILES string of the molecule is O=C(N[C@@H](Cc1cc(F)c(Cl)c(F)c1)C(=O)O)OCC1c2ccccc2-c2ccccc21. The van der Waals surface area contributed by atoms with Crippen LogP contribution in [0.5, 0.6) is 0 Å². The summed E-state index contributed by atoms with van der Waals surface area (Å²) in [6.45, 7) is 0.0103. The van der Waals surface area contributed by atoms with E-state index in [1.54, 1.807) is 0 Å². The van der Waals surface area contributed by atoms with Crippen LogP contribution in [0.3, 0.4) is 0 Å². The highest BCUT2D eigenvalue weighted by Crippen LogP contribution is 2.44. The van der Waals surface area contributed by atoms with Crippen molar-refractivity contribution in [2.24, 2.45) is 0 Å². The molecule has 5 nitrogen and oxygen atoms in total. The zero-order valence-electron chi connectivity index (χ0n) is 16.6. The van der Waals surface area contributed by atoms with Crippen molar-refractivity contribution in [1.29, 1.82) is 0 Å². The molecule has 32 heavy (non-hydrogen) atoms. The molecular formula is C24H18ClF2NO4. The van der Waals surface area contributed by atoms with Crippen molar-refractivity contribution in [3.05, 3.63) is 94.0 Å². The van der Waals surface area contributed by atoms with E-state index in [4.69, 9.17) is 16.3 Å². The van der Waals surface area contributed by atoms with E-state index in [0.29, 0.717) is 0 Å². The highest BCUT2D eigenvalue weighted by atomic mass is 35.5. The number of alkyl carbamates (subject to hydrolysis) is 1. The molecule has 0 saturated heterocycles. The van der Waals surface area contributed by atoms with Gasteiger partial charge in [-0.2, -0.15) is 0 Å². The minimum atomic E-state index is -1.44. The molecule has 1 amide bonds. The van der Waals surface area contributed by atoms with Crippen LogP contribution < -0.4 is 5.32 Å². The molecule has 0 heterocycles. The van der Waals surface area contributed by atoms with Crippen molar-refractivity contribution in [2.75, 3.05) is 6.61 Å². The Bertz CT molecular complexity index is 1130. The first kappa shape index (κ1) is 21.8. The number of nitrogens with one attached hydrogen (secondary N) is 1. The molecule has 164 valence electrons. The molecule has 0 radical (unpaired) electrons. The Morgan fingerprint density at radius 1 is 1.00 bits per heavy atom. The lowest BCUT2D eigenvalue weighted by Gasteiger charge is -2.17. The normalized spacial score (nSPS) is 13.2. The minimum absolute atomic E-state index is 0.0103. The number of ether oxygens (including phenoxy) is 1. The molecule has 0 fully saturated rings. The molecular weight excluding hydrogens is 440 g/mol. The van der Waals surface area contributed by atoms with Crippen LogP contribution in [-0.2, 0) is 16.0 Å². The molecule has 0 unspecified atom stereocenters. The summed E-state index contributed by atoms with van der Waals surface area (Å²) in [5.74, 6) is -3.57. The van der Waals surface area contributed by atoms with Crippen LogP contribution in [0.2, 0.25) is 5.02 Å². The fourth-order valence-corrected chi connectivity index (χ4v) is 4.05. The summed E-state index contributed by atoms with van der Waals surface area (Å²) in [5, 5.41) is 11.0. The molecule has 0 bridgehead atoms. The summed E-state index contributed by atoms with van der Waals surface area (Å²) >= 11 is 5.45. The van der Waals surface area contributed by atoms with Crippen molar-refractivity contribution in [2.45, 2.75) is 18.4 Å². The Morgan fingerprint density at radius 2 is 1.53 bits per heavy atom. The van der Waals surface area contributed by atoms with E-state index < -0.39 is 34.8 Å². The number of carboxylic acid groups (broad SMARTS) is 1. The van der Waals surface area contributed by atoms with E-state index in [1.165, 1.54) is 0 Å². The highest BCUT2D eigenvalue weighted by molar-refractivity contribution is 6.30. The third kappa shape index (κ3) is 4.29. The monoisotopic (exact) mass is 457 g/mol. The minimum Gasteiger partial charge on any atom is -0.480 e. The van der Waals surface area contributed by atoms with E-state index in [-0.39, 0.29) is 24.5 Å². The Labute approximate surface area is 187 Å². The van der Waals surface area contributed by atoms with E-state index in [1.807, 2.05) is 48.5 Å². The Balaban J connectivity index is 1.44. The number of carbonyl (C=O) groups excluding carboxylic acids is 1. The van der Waals surface area contributed by atoms with Gasteiger partial charge in [-0.25, -0.2) is 18.4 Å². The quantitative estimate of drug-likeness (QED) is 0.502. The maximum absolute atomic E-state index is 13.7. The van der Waals surface area contributed by atoms with E-state index in [0.717, 1.165) is 34.4 Å². The first-order valence-electron chi connectivity index (χ1n) is 9.83. The van der Waals surface area contributed by atoms with Gasteiger partial charge in [0.25, 0.3) is 0 Å². The first-order chi connectivity index (χ1) is 15.3. The van der Waals surface area contributed by atoms with Gasteiger partial charge in [-0.05, 0) is 39.9 Å². The number of rotatable bonds is 6. The van der Waals surface area contributed by atoms with Crippen molar-refractivity contribution >= 4 is 23.7 Å². The average Bonchev–Trinajstić information content (AvgIpc) is 3.09.